The Morgan fingerprint density at radius 3 is 1.89 bits per heavy atom. The minimum absolute atomic E-state index is 0.410. The van der Waals surface area contributed by atoms with Crippen molar-refractivity contribution in [1.82, 2.24) is 19.6 Å². The van der Waals surface area contributed by atoms with Crippen LogP contribution < -0.4 is 11.5 Å². The first-order valence-corrected chi connectivity index (χ1v) is 5.41. The van der Waals surface area contributed by atoms with Gasteiger partial charge in [-0.3, -0.25) is 0 Å². The molecule has 0 radical (unpaired) electrons. The van der Waals surface area contributed by atoms with E-state index >= 15 is 0 Å². The van der Waals surface area contributed by atoms with Gasteiger partial charge in [0.2, 0.25) is 5.66 Å². The number of aliphatic hydroxyl groups is 2. The minimum atomic E-state index is -1.27. The molecule has 18 heavy (non-hydrogen) atoms. The van der Waals surface area contributed by atoms with Crippen LogP contribution in [0.1, 0.15) is 6.92 Å². The molecule has 0 saturated carbocycles. The van der Waals surface area contributed by atoms with Crippen LogP contribution in [0.25, 0.3) is 0 Å². The van der Waals surface area contributed by atoms with E-state index in [0.717, 1.165) is 0 Å². The quantitative estimate of drug-likeness (QED) is 0.542. The molecule has 1 atom stereocenters. The third-order valence-electron chi connectivity index (χ3n) is 2.90. The molecule has 2 rings (SSSR count). The summed E-state index contributed by atoms with van der Waals surface area (Å²) in [5.41, 5.74) is 10.8. The van der Waals surface area contributed by atoms with Crippen LogP contribution >= 0.6 is 0 Å². The SMILES string of the molecule is CC(O)C(CO)(n1cc(N)cn1)n1cc(N)cn1. The second kappa shape index (κ2) is 4.31. The summed E-state index contributed by atoms with van der Waals surface area (Å²) in [6, 6.07) is 0. The first kappa shape index (κ1) is 12.4. The van der Waals surface area contributed by atoms with Crippen LogP contribution in [0, 0.1) is 0 Å². The molecular weight excluding hydrogens is 236 g/mol. The molecule has 0 spiro atoms. The molecule has 98 valence electrons. The summed E-state index contributed by atoms with van der Waals surface area (Å²) < 4.78 is 2.75. The number of aromatic nitrogens is 4. The van der Waals surface area contributed by atoms with Crippen LogP contribution in [0.5, 0.6) is 0 Å². The highest BCUT2D eigenvalue weighted by atomic mass is 16.3. The van der Waals surface area contributed by atoms with Gasteiger partial charge in [-0.1, -0.05) is 0 Å². The zero-order valence-electron chi connectivity index (χ0n) is 9.93. The fourth-order valence-corrected chi connectivity index (χ4v) is 1.86. The van der Waals surface area contributed by atoms with Crippen molar-refractivity contribution in [3.8, 4) is 0 Å². The number of anilines is 2. The summed E-state index contributed by atoms with van der Waals surface area (Å²) >= 11 is 0. The van der Waals surface area contributed by atoms with Gasteiger partial charge in [-0.15, -0.1) is 0 Å². The van der Waals surface area contributed by atoms with Gasteiger partial charge in [0.15, 0.2) is 0 Å². The summed E-state index contributed by atoms with van der Waals surface area (Å²) in [6.45, 7) is 1.12. The highest BCUT2D eigenvalue weighted by molar-refractivity contribution is 5.33. The predicted octanol–water partition coefficient (Wildman–Crippen LogP) is -1.18. The van der Waals surface area contributed by atoms with E-state index in [1.807, 2.05) is 0 Å². The lowest BCUT2D eigenvalue weighted by Crippen LogP contribution is -2.53. The van der Waals surface area contributed by atoms with Crippen LogP contribution in [0.2, 0.25) is 0 Å². The summed E-state index contributed by atoms with van der Waals surface area (Å²) in [4.78, 5) is 0. The van der Waals surface area contributed by atoms with Crippen LogP contribution in [-0.2, 0) is 5.66 Å². The van der Waals surface area contributed by atoms with Gasteiger partial charge in [-0.25, -0.2) is 9.36 Å². The van der Waals surface area contributed by atoms with Crippen LogP contribution in [-0.4, -0.2) is 42.5 Å². The average Bonchev–Trinajstić information content (AvgIpc) is 2.90. The molecule has 2 aromatic rings. The molecule has 0 amide bonds. The van der Waals surface area contributed by atoms with Gasteiger partial charge in [0.05, 0.1) is 48.9 Å². The minimum Gasteiger partial charge on any atom is -0.396 e. The van der Waals surface area contributed by atoms with Crippen molar-refractivity contribution in [1.29, 1.82) is 0 Å². The Morgan fingerprint density at radius 2 is 1.67 bits per heavy atom. The Bertz CT molecular complexity index is 492. The maximum absolute atomic E-state index is 10.0. The molecule has 0 fully saturated rings. The number of nitrogens with zero attached hydrogens (tertiary/aromatic N) is 4. The highest BCUT2D eigenvalue weighted by Crippen LogP contribution is 2.24. The molecule has 6 N–H and O–H groups in total. The molecule has 0 aliphatic carbocycles. The van der Waals surface area contributed by atoms with Crippen molar-refractivity contribution in [2.75, 3.05) is 18.1 Å². The van der Waals surface area contributed by atoms with E-state index in [-0.39, 0.29) is 0 Å². The monoisotopic (exact) mass is 252 g/mol. The van der Waals surface area contributed by atoms with E-state index in [9.17, 15) is 10.2 Å². The Morgan fingerprint density at radius 1 is 1.22 bits per heavy atom. The number of nitrogen functional groups attached to an aromatic ring is 2. The summed E-state index contributed by atoms with van der Waals surface area (Å²) in [7, 11) is 0. The van der Waals surface area contributed by atoms with Crippen molar-refractivity contribution in [3.63, 3.8) is 0 Å². The van der Waals surface area contributed by atoms with Crippen LogP contribution in [0.4, 0.5) is 11.4 Å². The van der Waals surface area contributed by atoms with E-state index < -0.39 is 18.4 Å². The summed E-state index contributed by atoms with van der Waals surface area (Å²) in [5.74, 6) is 0. The maximum atomic E-state index is 10.0. The molecule has 0 saturated heterocycles. The van der Waals surface area contributed by atoms with Gasteiger partial charge in [0.1, 0.15) is 0 Å². The standard InChI is InChI=1S/C10H16N6O2/c1-7(18)10(6-17,15-4-8(11)2-13-15)16-5-9(12)3-14-16/h2-5,7,17-18H,6,11-12H2,1H3. The lowest BCUT2D eigenvalue weighted by molar-refractivity contribution is -0.0344. The van der Waals surface area contributed by atoms with Crippen molar-refractivity contribution in [2.24, 2.45) is 0 Å². The van der Waals surface area contributed by atoms with Gasteiger partial charge >= 0.3 is 0 Å². The normalized spacial score (nSPS) is 13.7. The second-order valence-electron chi connectivity index (χ2n) is 4.15. The molecule has 0 bridgehead atoms. The molecule has 0 aromatic carbocycles. The maximum Gasteiger partial charge on any atom is 0.201 e. The lowest BCUT2D eigenvalue weighted by atomic mass is 10.1. The second-order valence-corrected chi connectivity index (χ2v) is 4.15. The fraction of sp³-hybridized carbons (Fsp3) is 0.400. The van der Waals surface area contributed by atoms with Crippen molar-refractivity contribution in [2.45, 2.75) is 18.7 Å². The first-order valence-electron chi connectivity index (χ1n) is 5.41. The lowest BCUT2D eigenvalue weighted by Gasteiger charge is -2.35. The van der Waals surface area contributed by atoms with Gasteiger partial charge in [-0.2, -0.15) is 10.2 Å². The number of aliphatic hydroxyl groups excluding tert-OH is 2. The fourth-order valence-electron chi connectivity index (χ4n) is 1.86. The third-order valence-corrected chi connectivity index (χ3v) is 2.90. The van der Waals surface area contributed by atoms with Crippen molar-refractivity contribution in [3.05, 3.63) is 24.8 Å². The Balaban J connectivity index is 2.60. The molecule has 8 heteroatoms. The average molecular weight is 252 g/mol. The van der Waals surface area contributed by atoms with Crippen molar-refractivity contribution >= 4 is 11.4 Å². The number of nitrogens with two attached hydrogens (primary N) is 2. The predicted molar refractivity (Wildman–Crippen MR) is 65.4 cm³/mol. The Labute approximate surface area is 103 Å². The molecule has 2 heterocycles. The third kappa shape index (κ3) is 1.71. The van der Waals surface area contributed by atoms with E-state index in [4.69, 9.17) is 11.5 Å². The van der Waals surface area contributed by atoms with Gasteiger partial charge in [0.25, 0.3) is 0 Å². The number of rotatable bonds is 4. The van der Waals surface area contributed by atoms with E-state index in [1.54, 1.807) is 0 Å². The molecule has 2 aromatic heterocycles. The highest BCUT2D eigenvalue weighted by Gasteiger charge is 2.40. The molecule has 8 nitrogen and oxygen atoms in total. The molecule has 0 aliphatic heterocycles. The first-order chi connectivity index (χ1) is 8.50. The Hall–Kier alpha value is -2.06. The molecular formula is C10H16N6O2. The Kier molecular flexibility index (Phi) is 2.97. The van der Waals surface area contributed by atoms with E-state index in [2.05, 4.69) is 10.2 Å². The number of hydrogen-bond acceptors (Lipinski definition) is 6. The topological polar surface area (TPSA) is 128 Å². The zero-order valence-corrected chi connectivity index (χ0v) is 9.93. The summed E-state index contributed by atoms with van der Waals surface area (Å²) in [6.07, 6.45) is 4.93. The molecule has 1 unspecified atom stereocenters. The van der Waals surface area contributed by atoms with Crippen LogP contribution in [0.3, 0.4) is 0 Å². The van der Waals surface area contributed by atoms with Gasteiger partial charge in [0, 0.05) is 0 Å². The van der Waals surface area contributed by atoms with Gasteiger partial charge in [-0.05, 0) is 6.92 Å². The zero-order chi connectivity index (χ0) is 13.3. The summed E-state index contributed by atoms with van der Waals surface area (Å²) in [5, 5.41) is 27.8. The van der Waals surface area contributed by atoms with Crippen molar-refractivity contribution < 1.29 is 10.2 Å². The van der Waals surface area contributed by atoms with E-state index in [1.165, 1.54) is 41.1 Å². The van der Waals surface area contributed by atoms with E-state index in [0.29, 0.717) is 11.4 Å². The molecule has 0 aliphatic rings. The van der Waals surface area contributed by atoms with Gasteiger partial charge < -0.3 is 21.7 Å². The smallest absolute Gasteiger partial charge is 0.201 e. The van der Waals surface area contributed by atoms with Crippen LogP contribution in [0.15, 0.2) is 24.8 Å². The largest absolute Gasteiger partial charge is 0.396 e. The number of hydrogen-bond donors (Lipinski definition) is 4.